The summed E-state index contributed by atoms with van der Waals surface area (Å²) in [5.74, 6) is 2.04. The monoisotopic (exact) mass is 731 g/mol. The van der Waals surface area contributed by atoms with E-state index >= 15 is 0 Å². The summed E-state index contributed by atoms with van der Waals surface area (Å²) in [6, 6.07) is 24.1. The predicted molar refractivity (Wildman–Crippen MR) is 207 cm³/mol. The number of aliphatic hydroxyl groups is 1. The molecule has 274 valence electrons. The number of rotatable bonds is 16. The average Bonchev–Trinajstić information content (AvgIpc) is 3.58. The van der Waals surface area contributed by atoms with E-state index < -0.39 is 0 Å². The van der Waals surface area contributed by atoms with Crippen molar-refractivity contribution in [1.82, 2.24) is 19.8 Å². The third-order valence-corrected chi connectivity index (χ3v) is 9.90. The van der Waals surface area contributed by atoms with Crippen molar-refractivity contribution < 1.29 is 19.3 Å². The number of halogens is 1. The van der Waals surface area contributed by atoms with Crippen LogP contribution in [0.25, 0.3) is 11.1 Å². The van der Waals surface area contributed by atoms with Gasteiger partial charge in [0.1, 0.15) is 36.5 Å². The number of aromatic nitrogens is 2. The van der Waals surface area contributed by atoms with Gasteiger partial charge in [0.2, 0.25) is 0 Å². The highest BCUT2D eigenvalue weighted by atomic mass is 35.5. The van der Waals surface area contributed by atoms with Gasteiger partial charge in [-0.15, -0.1) is 0 Å². The summed E-state index contributed by atoms with van der Waals surface area (Å²) >= 11 is 6.89. The van der Waals surface area contributed by atoms with Crippen LogP contribution in [0.5, 0.6) is 17.2 Å². The second-order valence-electron chi connectivity index (χ2n) is 13.7. The molecule has 3 heterocycles. The molecule has 9 nitrogen and oxygen atoms in total. The maximum atomic E-state index is 9.81. The van der Waals surface area contributed by atoms with E-state index in [1.54, 1.807) is 24.7 Å². The lowest BCUT2D eigenvalue weighted by atomic mass is 9.93. The van der Waals surface area contributed by atoms with E-state index in [9.17, 15) is 10.4 Å². The zero-order chi connectivity index (χ0) is 37.2. The van der Waals surface area contributed by atoms with Gasteiger partial charge in [-0.25, -0.2) is 0 Å². The molecule has 6 rings (SSSR count). The van der Waals surface area contributed by atoms with Crippen molar-refractivity contribution in [3.05, 3.63) is 135 Å². The molecule has 1 saturated heterocycles. The van der Waals surface area contributed by atoms with E-state index in [4.69, 9.17) is 25.8 Å². The third kappa shape index (κ3) is 10.1. The number of pyridine rings is 2. The number of aliphatic hydroxyl groups excluding tert-OH is 1. The molecule has 5 aromatic rings. The molecular formula is C43H46ClN5O4. The largest absolute Gasteiger partial charge is 0.493 e. The average molecular weight is 732 g/mol. The van der Waals surface area contributed by atoms with Gasteiger partial charge < -0.3 is 24.2 Å². The van der Waals surface area contributed by atoms with Gasteiger partial charge in [0, 0.05) is 74.7 Å². The van der Waals surface area contributed by atoms with Gasteiger partial charge in [-0.1, -0.05) is 41.9 Å². The summed E-state index contributed by atoms with van der Waals surface area (Å²) in [4.78, 5) is 12.8. The van der Waals surface area contributed by atoms with Crippen LogP contribution in [0.3, 0.4) is 0 Å². The van der Waals surface area contributed by atoms with Crippen LogP contribution in [-0.2, 0) is 26.3 Å². The maximum Gasteiger partial charge on any atom is 0.142 e. The summed E-state index contributed by atoms with van der Waals surface area (Å²) in [5, 5.41) is 19.7. The van der Waals surface area contributed by atoms with E-state index in [1.807, 2.05) is 43.4 Å². The highest BCUT2D eigenvalue weighted by Gasteiger charge is 2.20. The Bertz CT molecular complexity index is 2040. The van der Waals surface area contributed by atoms with E-state index in [-0.39, 0.29) is 12.7 Å². The van der Waals surface area contributed by atoms with Crippen LogP contribution in [0.15, 0.2) is 91.5 Å². The lowest BCUT2D eigenvalue weighted by Gasteiger charge is -2.21. The number of nitrogens with zero attached hydrogens (tertiary/aromatic N) is 5. The first-order valence-corrected chi connectivity index (χ1v) is 18.4. The second-order valence-corrected chi connectivity index (χ2v) is 14.1. The maximum absolute atomic E-state index is 9.81. The van der Waals surface area contributed by atoms with Crippen molar-refractivity contribution in [1.29, 1.82) is 5.26 Å². The van der Waals surface area contributed by atoms with Crippen LogP contribution in [0.4, 0.5) is 0 Å². The highest BCUT2D eigenvalue weighted by Crippen LogP contribution is 2.37. The SMILES string of the molecule is Cc1c(COc2cc(OCc3cncc(C#N)c3)c(CN(C)Cc3ccncc3)cc2Cl)cccc1-c1cccc(OCCCN2CCC(O)C2)c1C. The standard InChI is InChI=1S/C43H46ClN5O4/c1-30-35(7-4-8-38(30)39-9-5-10-41(31(39)2)51-18-6-16-49-17-13-37(50)27-49)29-53-43-21-42(52-28-34-19-33(22-45)23-47-24-34)36(20-40(43)44)26-48(3)25-32-11-14-46-15-12-32/h4-5,7-12,14-15,19-21,23-24,37,50H,6,13,16-18,25-29H2,1-3H3. The summed E-state index contributed by atoms with van der Waals surface area (Å²) in [5.41, 5.74) is 8.82. The van der Waals surface area contributed by atoms with Crippen molar-refractivity contribution in [3.8, 4) is 34.4 Å². The Morgan fingerprint density at radius 3 is 2.40 bits per heavy atom. The Balaban J connectivity index is 1.17. The Morgan fingerprint density at radius 2 is 1.62 bits per heavy atom. The lowest BCUT2D eigenvalue weighted by molar-refractivity contribution is 0.173. The first-order chi connectivity index (χ1) is 25.8. The molecule has 0 radical (unpaired) electrons. The van der Waals surface area contributed by atoms with Gasteiger partial charge in [0.05, 0.1) is 23.3 Å². The van der Waals surface area contributed by atoms with Gasteiger partial charge in [0.25, 0.3) is 0 Å². The molecule has 10 heteroatoms. The molecule has 0 bridgehead atoms. The van der Waals surface area contributed by atoms with Crippen molar-refractivity contribution in [2.75, 3.05) is 33.3 Å². The molecule has 1 atom stereocenters. The van der Waals surface area contributed by atoms with E-state index in [1.165, 1.54) is 6.20 Å². The number of ether oxygens (including phenoxy) is 3. The first kappa shape index (κ1) is 37.8. The molecule has 0 spiro atoms. The summed E-state index contributed by atoms with van der Waals surface area (Å²) in [6.07, 6.45) is 8.38. The van der Waals surface area contributed by atoms with Gasteiger partial charge in [-0.3, -0.25) is 14.9 Å². The molecule has 1 aliphatic heterocycles. The number of nitriles is 1. The highest BCUT2D eigenvalue weighted by molar-refractivity contribution is 6.32. The summed E-state index contributed by atoms with van der Waals surface area (Å²) in [6.45, 7) is 9.33. The number of hydrogen-bond donors (Lipinski definition) is 1. The Morgan fingerprint density at radius 1 is 0.849 bits per heavy atom. The minimum atomic E-state index is -0.201. The molecular weight excluding hydrogens is 686 g/mol. The zero-order valence-electron chi connectivity index (χ0n) is 30.6. The number of β-amino-alcohol motifs (C(OH)–C–C–N with tert-alkyl or cyclic N) is 1. The summed E-state index contributed by atoms with van der Waals surface area (Å²) < 4.78 is 19.0. The van der Waals surface area contributed by atoms with E-state index in [0.717, 1.165) is 89.3 Å². The van der Waals surface area contributed by atoms with Crippen molar-refractivity contribution in [2.45, 2.75) is 59.1 Å². The molecule has 1 aliphatic rings. The van der Waals surface area contributed by atoms with E-state index in [0.29, 0.717) is 41.8 Å². The fourth-order valence-electron chi connectivity index (χ4n) is 6.72. The molecule has 2 aromatic heterocycles. The third-order valence-electron chi connectivity index (χ3n) is 9.60. The Labute approximate surface area is 317 Å². The van der Waals surface area contributed by atoms with Gasteiger partial charge >= 0.3 is 0 Å². The van der Waals surface area contributed by atoms with Crippen LogP contribution in [0.1, 0.15) is 51.8 Å². The molecule has 0 amide bonds. The molecule has 1 N–H and O–H groups in total. The van der Waals surface area contributed by atoms with Crippen LogP contribution in [0.2, 0.25) is 5.02 Å². The van der Waals surface area contributed by atoms with Crippen molar-refractivity contribution in [2.24, 2.45) is 0 Å². The minimum absolute atomic E-state index is 0.201. The first-order valence-electron chi connectivity index (χ1n) is 18.0. The molecule has 3 aromatic carbocycles. The number of hydrogen-bond acceptors (Lipinski definition) is 9. The lowest BCUT2D eigenvalue weighted by Crippen LogP contribution is -2.24. The van der Waals surface area contributed by atoms with Gasteiger partial charge in [-0.2, -0.15) is 5.26 Å². The van der Waals surface area contributed by atoms with Gasteiger partial charge in [-0.05, 0) is 97.4 Å². The predicted octanol–water partition coefficient (Wildman–Crippen LogP) is 7.91. The fourth-order valence-corrected chi connectivity index (χ4v) is 6.96. The van der Waals surface area contributed by atoms with Crippen LogP contribution in [0, 0.1) is 25.2 Å². The Kier molecular flexibility index (Phi) is 13.0. The Hall–Kier alpha value is -4.98. The number of likely N-dealkylation sites (tertiary alicyclic amines) is 1. The summed E-state index contributed by atoms with van der Waals surface area (Å²) in [7, 11) is 2.05. The van der Waals surface area contributed by atoms with Crippen LogP contribution in [-0.4, -0.2) is 64.3 Å². The molecule has 0 aliphatic carbocycles. The smallest absolute Gasteiger partial charge is 0.142 e. The number of benzene rings is 3. The van der Waals surface area contributed by atoms with Crippen molar-refractivity contribution >= 4 is 11.6 Å². The molecule has 1 unspecified atom stereocenters. The van der Waals surface area contributed by atoms with Crippen LogP contribution < -0.4 is 14.2 Å². The molecule has 0 saturated carbocycles. The van der Waals surface area contributed by atoms with Crippen molar-refractivity contribution in [3.63, 3.8) is 0 Å². The second kappa shape index (κ2) is 18.2. The van der Waals surface area contributed by atoms with Crippen LogP contribution >= 0.6 is 11.6 Å². The molecule has 1 fully saturated rings. The quantitative estimate of drug-likeness (QED) is 0.101. The fraction of sp³-hybridized carbons (Fsp3) is 0.326. The van der Waals surface area contributed by atoms with E-state index in [2.05, 4.69) is 63.9 Å². The van der Waals surface area contributed by atoms with Gasteiger partial charge in [0.15, 0.2) is 0 Å². The topological polar surface area (TPSA) is 104 Å². The molecule has 53 heavy (non-hydrogen) atoms. The zero-order valence-corrected chi connectivity index (χ0v) is 31.4. The minimum Gasteiger partial charge on any atom is -0.493 e. The normalized spacial score (nSPS) is 14.3.